The van der Waals surface area contributed by atoms with E-state index in [0.29, 0.717) is 0 Å². The number of benzene rings is 1. The summed E-state index contributed by atoms with van der Waals surface area (Å²) in [6.07, 6.45) is 2.04. The van der Waals surface area contributed by atoms with Gasteiger partial charge in [-0.25, -0.2) is 4.39 Å². The molecule has 1 N–H and O–H groups in total. The van der Waals surface area contributed by atoms with Crippen LogP contribution >= 0.6 is 15.9 Å². The predicted octanol–water partition coefficient (Wildman–Crippen LogP) is 3.25. The van der Waals surface area contributed by atoms with Crippen molar-refractivity contribution in [3.8, 4) is 0 Å². The van der Waals surface area contributed by atoms with Crippen LogP contribution in [0.5, 0.6) is 0 Å². The summed E-state index contributed by atoms with van der Waals surface area (Å²) in [5, 5.41) is 3.54. The molecule has 0 bridgehead atoms. The van der Waals surface area contributed by atoms with E-state index in [1.807, 2.05) is 6.07 Å². The molecule has 4 heteroatoms. The largest absolute Gasteiger partial charge is 0.381 e. The van der Waals surface area contributed by atoms with Gasteiger partial charge in [0.1, 0.15) is 5.82 Å². The zero-order valence-electron chi connectivity index (χ0n) is 9.93. The van der Waals surface area contributed by atoms with Crippen LogP contribution in [0.25, 0.3) is 0 Å². The topological polar surface area (TPSA) is 21.3 Å². The van der Waals surface area contributed by atoms with E-state index in [1.165, 1.54) is 12.1 Å². The van der Waals surface area contributed by atoms with Gasteiger partial charge in [0.25, 0.3) is 0 Å². The van der Waals surface area contributed by atoms with E-state index in [2.05, 4.69) is 28.2 Å². The van der Waals surface area contributed by atoms with Gasteiger partial charge in [-0.15, -0.1) is 0 Å². The molecule has 1 aliphatic rings. The van der Waals surface area contributed by atoms with Crippen LogP contribution in [0.4, 0.5) is 4.39 Å². The number of rotatable bonds is 3. The van der Waals surface area contributed by atoms with Crippen molar-refractivity contribution in [2.24, 2.45) is 0 Å². The third kappa shape index (κ3) is 3.50. The Bertz CT molecular complexity index is 391. The molecule has 1 aliphatic heterocycles. The second-order valence-electron chi connectivity index (χ2n) is 4.76. The van der Waals surface area contributed by atoms with Gasteiger partial charge in [-0.05, 0) is 37.5 Å². The Labute approximate surface area is 110 Å². The monoisotopic (exact) mass is 301 g/mol. The highest BCUT2D eigenvalue weighted by Crippen LogP contribution is 2.23. The van der Waals surface area contributed by atoms with E-state index in [4.69, 9.17) is 4.74 Å². The number of nitrogens with one attached hydrogen (secondary N) is 1. The minimum absolute atomic E-state index is 0.131. The van der Waals surface area contributed by atoms with Crippen LogP contribution in [0.3, 0.4) is 0 Å². The van der Waals surface area contributed by atoms with E-state index < -0.39 is 0 Å². The quantitative estimate of drug-likeness (QED) is 0.925. The minimum atomic E-state index is -0.210. The van der Waals surface area contributed by atoms with Crippen LogP contribution in [-0.2, 0) is 11.3 Å². The van der Waals surface area contributed by atoms with Crippen LogP contribution in [0.1, 0.15) is 25.3 Å². The first-order valence-electron chi connectivity index (χ1n) is 5.86. The molecule has 0 amide bonds. The second kappa shape index (κ2) is 5.46. The Morgan fingerprint density at radius 3 is 2.76 bits per heavy atom. The Hall–Kier alpha value is -0.450. The van der Waals surface area contributed by atoms with Gasteiger partial charge in [0, 0.05) is 29.8 Å². The molecule has 0 atom stereocenters. The number of hydrogen-bond donors (Lipinski definition) is 1. The molecule has 0 aliphatic carbocycles. The molecule has 1 aromatic carbocycles. The lowest BCUT2D eigenvalue weighted by Gasteiger charge is -2.34. The molecule has 0 spiro atoms. The van der Waals surface area contributed by atoms with Crippen LogP contribution in [-0.4, -0.2) is 18.8 Å². The third-order valence-electron chi connectivity index (χ3n) is 3.32. The van der Waals surface area contributed by atoms with Gasteiger partial charge in [0.05, 0.1) is 0 Å². The lowest BCUT2D eigenvalue weighted by molar-refractivity contribution is 0.0446. The van der Waals surface area contributed by atoms with Gasteiger partial charge in [-0.1, -0.05) is 22.0 Å². The van der Waals surface area contributed by atoms with E-state index >= 15 is 0 Å². The maximum atomic E-state index is 13.0. The molecule has 0 aromatic heterocycles. The molecule has 2 nitrogen and oxygen atoms in total. The van der Waals surface area contributed by atoms with Gasteiger partial charge < -0.3 is 10.1 Å². The van der Waals surface area contributed by atoms with Crippen molar-refractivity contribution in [3.63, 3.8) is 0 Å². The fourth-order valence-electron chi connectivity index (χ4n) is 1.97. The molecule has 0 radical (unpaired) electrons. The Kier molecular flexibility index (Phi) is 4.17. The first kappa shape index (κ1) is 13.0. The molecule has 0 unspecified atom stereocenters. The Balaban J connectivity index is 1.97. The van der Waals surface area contributed by atoms with Crippen molar-refractivity contribution < 1.29 is 9.13 Å². The SMILES string of the molecule is CC1(NCc2ccc(F)cc2Br)CCOCC1. The van der Waals surface area contributed by atoms with Crippen molar-refractivity contribution >= 4 is 15.9 Å². The van der Waals surface area contributed by atoms with E-state index in [9.17, 15) is 4.39 Å². The van der Waals surface area contributed by atoms with Gasteiger partial charge in [-0.2, -0.15) is 0 Å². The zero-order valence-corrected chi connectivity index (χ0v) is 11.5. The van der Waals surface area contributed by atoms with Gasteiger partial charge in [0.2, 0.25) is 0 Å². The molecule has 1 fully saturated rings. The number of hydrogen-bond acceptors (Lipinski definition) is 2. The number of ether oxygens (including phenoxy) is 1. The molecule has 94 valence electrons. The Morgan fingerprint density at radius 1 is 1.41 bits per heavy atom. The van der Waals surface area contributed by atoms with Crippen molar-refractivity contribution in [1.82, 2.24) is 5.32 Å². The lowest BCUT2D eigenvalue weighted by Crippen LogP contribution is -2.46. The summed E-state index contributed by atoms with van der Waals surface area (Å²) >= 11 is 3.39. The molecule has 17 heavy (non-hydrogen) atoms. The first-order chi connectivity index (χ1) is 8.09. The molecule has 1 saturated heterocycles. The molecule has 0 saturated carbocycles. The fraction of sp³-hybridized carbons (Fsp3) is 0.538. The highest BCUT2D eigenvalue weighted by molar-refractivity contribution is 9.10. The van der Waals surface area contributed by atoms with Crippen molar-refractivity contribution in [2.45, 2.75) is 31.8 Å². The first-order valence-corrected chi connectivity index (χ1v) is 6.65. The smallest absolute Gasteiger partial charge is 0.124 e. The van der Waals surface area contributed by atoms with Crippen molar-refractivity contribution in [3.05, 3.63) is 34.1 Å². The van der Waals surface area contributed by atoms with Crippen LogP contribution in [0, 0.1) is 5.82 Å². The van der Waals surface area contributed by atoms with Crippen LogP contribution in [0.15, 0.2) is 22.7 Å². The summed E-state index contributed by atoms with van der Waals surface area (Å²) in [6, 6.07) is 4.81. The summed E-state index contributed by atoms with van der Waals surface area (Å²) in [5.74, 6) is -0.210. The third-order valence-corrected chi connectivity index (χ3v) is 4.06. The van der Waals surface area contributed by atoms with Crippen LogP contribution < -0.4 is 5.32 Å². The lowest BCUT2D eigenvalue weighted by atomic mass is 9.92. The van der Waals surface area contributed by atoms with Gasteiger partial charge in [-0.3, -0.25) is 0 Å². The fourth-order valence-corrected chi connectivity index (χ4v) is 2.46. The van der Waals surface area contributed by atoms with E-state index in [1.54, 1.807) is 0 Å². The standard InChI is InChI=1S/C13H17BrFNO/c1-13(4-6-17-7-5-13)16-9-10-2-3-11(15)8-12(10)14/h2-3,8,16H,4-7,9H2,1H3. The van der Waals surface area contributed by atoms with Crippen molar-refractivity contribution in [2.75, 3.05) is 13.2 Å². The molecule has 2 rings (SSSR count). The highest BCUT2D eigenvalue weighted by atomic mass is 79.9. The van der Waals surface area contributed by atoms with Gasteiger partial charge in [0.15, 0.2) is 0 Å². The van der Waals surface area contributed by atoms with E-state index in [0.717, 1.165) is 42.6 Å². The van der Waals surface area contributed by atoms with Crippen molar-refractivity contribution in [1.29, 1.82) is 0 Å². The van der Waals surface area contributed by atoms with Gasteiger partial charge >= 0.3 is 0 Å². The normalized spacial score (nSPS) is 19.2. The average molecular weight is 302 g/mol. The Morgan fingerprint density at radius 2 is 2.12 bits per heavy atom. The summed E-state index contributed by atoms with van der Waals surface area (Å²) in [5.41, 5.74) is 1.21. The minimum Gasteiger partial charge on any atom is -0.381 e. The second-order valence-corrected chi connectivity index (χ2v) is 5.62. The summed E-state index contributed by atoms with van der Waals surface area (Å²) < 4.78 is 19.1. The molecular formula is C13H17BrFNO. The highest BCUT2D eigenvalue weighted by Gasteiger charge is 2.26. The molecular weight excluding hydrogens is 285 g/mol. The molecule has 1 heterocycles. The van der Waals surface area contributed by atoms with E-state index in [-0.39, 0.29) is 11.4 Å². The molecule has 1 aromatic rings. The predicted molar refractivity (Wildman–Crippen MR) is 69.4 cm³/mol. The maximum Gasteiger partial charge on any atom is 0.124 e. The van der Waals surface area contributed by atoms with Crippen LogP contribution in [0.2, 0.25) is 0 Å². The summed E-state index contributed by atoms with van der Waals surface area (Å²) in [6.45, 7) is 4.59. The maximum absolute atomic E-state index is 13.0. The number of halogens is 2. The zero-order chi connectivity index (χ0) is 12.3. The summed E-state index contributed by atoms with van der Waals surface area (Å²) in [7, 11) is 0. The average Bonchev–Trinajstić information content (AvgIpc) is 2.29. The summed E-state index contributed by atoms with van der Waals surface area (Å²) in [4.78, 5) is 0.